The first-order chi connectivity index (χ1) is 13.6. The average molecular weight is 378 g/mol. The van der Waals surface area contributed by atoms with Gasteiger partial charge in [0.1, 0.15) is 5.82 Å². The van der Waals surface area contributed by atoms with Gasteiger partial charge in [-0.2, -0.15) is 4.98 Å². The zero-order chi connectivity index (χ0) is 19.5. The number of phenols is 1. The number of benzene rings is 2. The average Bonchev–Trinajstić information content (AvgIpc) is 2.70. The Morgan fingerprint density at radius 2 is 1.82 bits per heavy atom. The van der Waals surface area contributed by atoms with E-state index in [-0.39, 0.29) is 11.7 Å². The third-order valence-electron chi connectivity index (χ3n) is 5.25. The Morgan fingerprint density at radius 1 is 1.07 bits per heavy atom. The van der Waals surface area contributed by atoms with Crippen LogP contribution in [0.1, 0.15) is 39.0 Å². The highest BCUT2D eigenvalue weighted by atomic mass is 16.5. The number of hydrogen-bond acceptors (Lipinski definition) is 6. The van der Waals surface area contributed by atoms with Crippen molar-refractivity contribution in [3.63, 3.8) is 0 Å². The van der Waals surface area contributed by atoms with Crippen LogP contribution in [0.2, 0.25) is 0 Å². The number of nitrogen functional groups attached to an aromatic ring is 1. The molecule has 2 aromatic carbocycles. The molecule has 0 aliphatic heterocycles. The number of nitrogens with zero attached hydrogens (tertiary/aromatic N) is 2. The number of ether oxygens (including phenoxy) is 1. The molecule has 6 nitrogen and oxygen atoms in total. The summed E-state index contributed by atoms with van der Waals surface area (Å²) in [7, 11) is 0. The number of phenolic OH excluding ortho intramolecular Hbond substituents is 1. The summed E-state index contributed by atoms with van der Waals surface area (Å²) in [6.45, 7) is 2.39. The predicted molar refractivity (Wildman–Crippen MR) is 113 cm³/mol. The van der Waals surface area contributed by atoms with E-state index >= 15 is 0 Å². The van der Waals surface area contributed by atoms with Gasteiger partial charge in [-0.25, -0.2) is 4.98 Å². The molecule has 1 heterocycles. The number of anilines is 2. The fourth-order valence-corrected chi connectivity index (χ4v) is 3.84. The lowest BCUT2D eigenvalue weighted by atomic mass is 9.95. The maximum atomic E-state index is 9.97. The van der Waals surface area contributed by atoms with Crippen LogP contribution in [0.4, 0.5) is 11.8 Å². The Labute approximate surface area is 164 Å². The van der Waals surface area contributed by atoms with Gasteiger partial charge in [-0.1, -0.05) is 31.4 Å². The Morgan fingerprint density at radius 3 is 2.61 bits per heavy atom. The molecule has 0 saturated heterocycles. The van der Waals surface area contributed by atoms with Gasteiger partial charge in [0.15, 0.2) is 11.5 Å². The normalized spacial score (nSPS) is 14.9. The summed E-state index contributed by atoms with van der Waals surface area (Å²) in [5.74, 6) is 1.69. The van der Waals surface area contributed by atoms with Crippen molar-refractivity contribution in [2.75, 3.05) is 17.7 Å². The van der Waals surface area contributed by atoms with E-state index in [0.29, 0.717) is 18.4 Å². The summed E-state index contributed by atoms with van der Waals surface area (Å²) >= 11 is 0. The lowest BCUT2D eigenvalue weighted by molar-refractivity contribution is 0.318. The second-order valence-electron chi connectivity index (χ2n) is 7.26. The molecular weight excluding hydrogens is 352 g/mol. The van der Waals surface area contributed by atoms with E-state index in [9.17, 15) is 5.11 Å². The van der Waals surface area contributed by atoms with Gasteiger partial charge in [0, 0.05) is 11.4 Å². The molecule has 4 rings (SSSR count). The van der Waals surface area contributed by atoms with Gasteiger partial charge < -0.3 is 20.9 Å². The number of nitrogens with one attached hydrogen (secondary N) is 1. The third kappa shape index (κ3) is 3.81. The van der Waals surface area contributed by atoms with Crippen LogP contribution in [-0.4, -0.2) is 27.7 Å². The summed E-state index contributed by atoms with van der Waals surface area (Å²) < 4.78 is 5.52. The molecule has 0 amide bonds. The quantitative estimate of drug-likeness (QED) is 0.594. The van der Waals surface area contributed by atoms with Crippen molar-refractivity contribution < 1.29 is 9.84 Å². The van der Waals surface area contributed by atoms with E-state index < -0.39 is 0 Å². The van der Waals surface area contributed by atoms with Crippen LogP contribution in [-0.2, 0) is 0 Å². The van der Waals surface area contributed by atoms with Crippen LogP contribution in [0.15, 0.2) is 36.4 Å². The van der Waals surface area contributed by atoms with E-state index in [4.69, 9.17) is 10.5 Å². The number of nitrogens with two attached hydrogens (primary N) is 1. The number of hydrogen-bond donors (Lipinski definition) is 3. The van der Waals surface area contributed by atoms with Crippen LogP contribution in [0.5, 0.6) is 11.5 Å². The number of rotatable bonds is 5. The standard InChI is InChI=1S/C22H26N4O2/c1-2-28-20-13-15(9-11-19(20)27)14-8-10-18-17(12-14)21(26-22(23)25-18)24-16-6-4-3-5-7-16/h8-13,16,27H,2-7H2,1H3,(H3,23,24,25,26). The van der Waals surface area contributed by atoms with Gasteiger partial charge in [-0.15, -0.1) is 0 Å². The molecule has 0 radical (unpaired) electrons. The Hall–Kier alpha value is -3.02. The van der Waals surface area contributed by atoms with Crippen molar-refractivity contribution >= 4 is 22.7 Å². The topological polar surface area (TPSA) is 93.3 Å². The SMILES string of the molecule is CCOc1cc(-c2ccc3nc(N)nc(NC4CCCCC4)c3c2)ccc1O. The molecular formula is C22H26N4O2. The van der Waals surface area contributed by atoms with Gasteiger partial charge in [-0.05, 0) is 55.2 Å². The fourth-order valence-electron chi connectivity index (χ4n) is 3.84. The molecule has 0 atom stereocenters. The van der Waals surface area contributed by atoms with Crippen molar-refractivity contribution in [2.45, 2.75) is 45.1 Å². The van der Waals surface area contributed by atoms with Crippen LogP contribution >= 0.6 is 0 Å². The summed E-state index contributed by atoms with van der Waals surface area (Å²) in [6.07, 6.45) is 6.10. The molecule has 1 fully saturated rings. The Balaban J connectivity index is 1.74. The van der Waals surface area contributed by atoms with Crippen molar-refractivity contribution in [2.24, 2.45) is 0 Å². The molecule has 146 valence electrons. The molecule has 0 unspecified atom stereocenters. The highest BCUT2D eigenvalue weighted by molar-refractivity contribution is 5.93. The molecule has 3 aromatic rings. The fraction of sp³-hybridized carbons (Fsp3) is 0.364. The third-order valence-corrected chi connectivity index (χ3v) is 5.25. The van der Waals surface area contributed by atoms with Crippen LogP contribution in [0, 0.1) is 0 Å². The van der Waals surface area contributed by atoms with Gasteiger partial charge in [-0.3, -0.25) is 0 Å². The van der Waals surface area contributed by atoms with Crippen molar-refractivity contribution in [3.8, 4) is 22.6 Å². The van der Waals surface area contributed by atoms with E-state index in [1.54, 1.807) is 6.07 Å². The monoisotopic (exact) mass is 378 g/mol. The zero-order valence-corrected chi connectivity index (χ0v) is 16.1. The summed E-state index contributed by atoms with van der Waals surface area (Å²) in [5.41, 5.74) is 8.73. The molecule has 1 aliphatic rings. The van der Waals surface area contributed by atoms with E-state index in [1.165, 1.54) is 19.3 Å². The van der Waals surface area contributed by atoms with Crippen LogP contribution in [0.3, 0.4) is 0 Å². The minimum Gasteiger partial charge on any atom is -0.504 e. The first kappa shape index (κ1) is 18.3. The minimum atomic E-state index is 0.141. The van der Waals surface area contributed by atoms with Gasteiger partial charge in [0.25, 0.3) is 0 Å². The summed E-state index contributed by atoms with van der Waals surface area (Å²) in [4.78, 5) is 8.87. The Kier molecular flexibility index (Phi) is 5.19. The molecule has 4 N–H and O–H groups in total. The highest BCUT2D eigenvalue weighted by Crippen LogP contribution is 2.34. The predicted octanol–water partition coefficient (Wildman–Crippen LogP) is 4.73. The molecule has 0 bridgehead atoms. The molecule has 28 heavy (non-hydrogen) atoms. The van der Waals surface area contributed by atoms with E-state index in [2.05, 4.69) is 21.4 Å². The van der Waals surface area contributed by atoms with Crippen LogP contribution in [0.25, 0.3) is 22.0 Å². The second kappa shape index (κ2) is 7.92. The second-order valence-corrected chi connectivity index (χ2v) is 7.26. The van der Waals surface area contributed by atoms with Gasteiger partial charge >= 0.3 is 0 Å². The molecule has 0 spiro atoms. The number of fused-ring (bicyclic) bond motifs is 1. The lowest BCUT2D eigenvalue weighted by Crippen LogP contribution is -2.23. The molecule has 6 heteroatoms. The van der Waals surface area contributed by atoms with Crippen molar-refractivity contribution in [1.29, 1.82) is 0 Å². The van der Waals surface area contributed by atoms with E-state index in [0.717, 1.165) is 40.7 Å². The van der Waals surface area contributed by atoms with Crippen molar-refractivity contribution in [3.05, 3.63) is 36.4 Å². The van der Waals surface area contributed by atoms with Crippen LogP contribution < -0.4 is 15.8 Å². The molecule has 1 aromatic heterocycles. The largest absolute Gasteiger partial charge is 0.504 e. The van der Waals surface area contributed by atoms with Gasteiger partial charge in [0.2, 0.25) is 5.95 Å². The maximum absolute atomic E-state index is 9.97. The zero-order valence-electron chi connectivity index (χ0n) is 16.1. The van der Waals surface area contributed by atoms with Crippen molar-refractivity contribution in [1.82, 2.24) is 9.97 Å². The first-order valence-corrected chi connectivity index (χ1v) is 9.94. The number of aromatic nitrogens is 2. The molecule has 1 aliphatic carbocycles. The summed E-state index contributed by atoms with van der Waals surface area (Å²) in [5, 5.41) is 14.5. The van der Waals surface area contributed by atoms with Gasteiger partial charge in [0.05, 0.1) is 12.1 Å². The highest BCUT2D eigenvalue weighted by Gasteiger charge is 2.16. The smallest absolute Gasteiger partial charge is 0.222 e. The maximum Gasteiger partial charge on any atom is 0.222 e. The summed E-state index contributed by atoms with van der Waals surface area (Å²) in [6, 6.07) is 11.8. The first-order valence-electron chi connectivity index (χ1n) is 9.94. The number of aromatic hydroxyl groups is 1. The minimum absolute atomic E-state index is 0.141. The van der Waals surface area contributed by atoms with E-state index in [1.807, 2.05) is 31.2 Å². The Bertz CT molecular complexity index is 984. The molecule has 1 saturated carbocycles. The lowest BCUT2D eigenvalue weighted by Gasteiger charge is -2.24.